The Hall–Kier alpha value is -1.90. The van der Waals surface area contributed by atoms with E-state index in [9.17, 15) is 9.90 Å². The second-order valence-electron chi connectivity index (χ2n) is 6.26. The van der Waals surface area contributed by atoms with E-state index < -0.39 is 5.97 Å². The number of ether oxygens (including phenoxy) is 1. The number of benzene rings is 1. The molecule has 0 spiro atoms. The molecule has 1 aromatic heterocycles. The van der Waals surface area contributed by atoms with Crippen molar-refractivity contribution in [2.75, 3.05) is 36.1 Å². The lowest BCUT2D eigenvalue weighted by molar-refractivity contribution is 0.0695. The number of carboxylic acid groups (broad SMARTS) is 1. The van der Waals surface area contributed by atoms with Crippen LogP contribution in [0.5, 0.6) is 0 Å². The van der Waals surface area contributed by atoms with E-state index in [0.717, 1.165) is 28.1 Å². The zero-order chi connectivity index (χ0) is 18.3. The van der Waals surface area contributed by atoms with Gasteiger partial charge in [-0.2, -0.15) is 4.98 Å². The maximum absolute atomic E-state index is 11.6. The number of hydrogen-bond acceptors (Lipinski definition) is 6. The van der Waals surface area contributed by atoms with Gasteiger partial charge in [0.1, 0.15) is 0 Å². The van der Waals surface area contributed by atoms with E-state index in [1.165, 1.54) is 0 Å². The van der Waals surface area contributed by atoms with Gasteiger partial charge >= 0.3 is 5.97 Å². The molecule has 7 nitrogen and oxygen atoms in total. The lowest BCUT2D eigenvalue weighted by atomic mass is 10.0. The van der Waals surface area contributed by atoms with Gasteiger partial charge in [-0.25, -0.2) is 9.78 Å². The standard InChI is InChI=1S/C17H16BrClN4O3/c18-11-1-2-13(16(24)25)10(5-11)7-22-8-12-9-26-4-3-23(12)15-14(22)6-20-17(19)21-15/h1-2,5-6,12H,3-4,7-9H2,(H,24,25). The smallest absolute Gasteiger partial charge is 0.336 e. The van der Waals surface area contributed by atoms with Crippen molar-refractivity contribution in [2.24, 2.45) is 0 Å². The van der Waals surface area contributed by atoms with Crippen LogP contribution in [0.15, 0.2) is 28.9 Å². The van der Waals surface area contributed by atoms with Crippen molar-refractivity contribution in [3.05, 3.63) is 45.3 Å². The first-order chi connectivity index (χ1) is 12.5. The Morgan fingerprint density at radius 3 is 3.12 bits per heavy atom. The van der Waals surface area contributed by atoms with Crippen molar-refractivity contribution in [1.82, 2.24) is 9.97 Å². The first-order valence-corrected chi connectivity index (χ1v) is 9.33. The van der Waals surface area contributed by atoms with Crippen LogP contribution in [-0.2, 0) is 11.3 Å². The molecule has 0 saturated carbocycles. The van der Waals surface area contributed by atoms with Gasteiger partial charge in [0, 0.05) is 24.1 Å². The molecule has 0 radical (unpaired) electrons. The van der Waals surface area contributed by atoms with Gasteiger partial charge < -0.3 is 19.6 Å². The molecule has 2 aliphatic heterocycles. The van der Waals surface area contributed by atoms with Gasteiger partial charge in [0.05, 0.1) is 36.7 Å². The van der Waals surface area contributed by atoms with Gasteiger partial charge in [0.2, 0.25) is 5.28 Å². The van der Waals surface area contributed by atoms with Crippen LogP contribution in [0.4, 0.5) is 11.5 Å². The first-order valence-electron chi connectivity index (χ1n) is 8.16. The summed E-state index contributed by atoms with van der Waals surface area (Å²) in [6, 6.07) is 5.32. The molecule has 1 fully saturated rings. The number of aromatic nitrogens is 2. The van der Waals surface area contributed by atoms with Crippen molar-refractivity contribution in [3.8, 4) is 0 Å². The van der Waals surface area contributed by atoms with Crippen molar-refractivity contribution in [1.29, 1.82) is 0 Å². The molecule has 4 rings (SSSR count). The highest BCUT2D eigenvalue weighted by molar-refractivity contribution is 9.10. The van der Waals surface area contributed by atoms with Crippen LogP contribution in [0, 0.1) is 0 Å². The van der Waals surface area contributed by atoms with Crippen LogP contribution < -0.4 is 9.80 Å². The summed E-state index contributed by atoms with van der Waals surface area (Å²) in [7, 11) is 0. The number of fused-ring (bicyclic) bond motifs is 3. The average Bonchev–Trinajstić information content (AvgIpc) is 2.61. The van der Waals surface area contributed by atoms with Crippen LogP contribution in [0.2, 0.25) is 5.28 Å². The fourth-order valence-corrected chi connectivity index (χ4v) is 4.01. The summed E-state index contributed by atoms with van der Waals surface area (Å²) >= 11 is 9.45. The number of morpholine rings is 1. The Balaban J connectivity index is 1.73. The summed E-state index contributed by atoms with van der Waals surface area (Å²) in [6.45, 7) is 3.12. The summed E-state index contributed by atoms with van der Waals surface area (Å²) in [5.74, 6) is -0.170. The lowest BCUT2D eigenvalue weighted by Crippen LogP contribution is -2.55. The maximum atomic E-state index is 11.6. The number of anilines is 2. The van der Waals surface area contributed by atoms with Crippen LogP contribution in [-0.4, -0.2) is 53.4 Å². The zero-order valence-corrected chi connectivity index (χ0v) is 16.1. The molecule has 3 heterocycles. The molecule has 2 aliphatic rings. The second-order valence-corrected chi connectivity index (χ2v) is 7.51. The largest absolute Gasteiger partial charge is 0.478 e. The minimum absolute atomic E-state index is 0.141. The summed E-state index contributed by atoms with van der Waals surface area (Å²) in [6.07, 6.45) is 1.70. The predicted octanol–water partition coefficient (Wildman–Crippen LogP) is 2.82. The quantitative estimate of drug-likeness (QED) is 0.737. The number of halogens is 2. The van der Waals surface area contributed by atoms with Crippen LogP contribution in [0.3, 0.4) is 0 Å². The SMILES string of the molecule is O=C(O)c1ccc(Br)cc1CN1CC2COCCN2c2nc(Cl)ncc21. The highest BCUT2D eigenvalue weighted by Gasteiger charge is 2.35. The van der Waals surface area contributed by atoms with E-state index in [0.29, 0.717) is 26.3 Å². The maximum Gasteiger partial charge on any atom is 0.336 e. The number of carboxylic acids is 1. The molecule has 26 heavy (non-hydrogen) atoms. The van der Waals surface area contributed by atoms with Crippen LogP contribution in [0.25, 0.3) is 0 Å². The average molecular weight is 440 g/mol. The van der Waals surface area contributed by atoms with Gasteiger partial charge in [0.25, 0.3) is 0 Å². The molecule has 9 heteroatoms. The number of carbonyl (C=O) groups is 1. The first kappa shape index (κ1) is 17.5. The van der Waals surface area contributed by atoms with E-state index in [1.807, 2.05) is 6.07 Å². The number of nitrogens with zero attached hydrogens (tertiary/aromatic N) is 4. The van der Waals surface area contributed by atoms with Crippen LogP contribution in [0.1, 0.15) is 15.9 Å². The lowest BCUT2D eigenvalue weighted by Gasteiger charge is -2.45. The predicted molar refractivity (Wildman–Crippen MR) is 101 cm³/mol. The summed E-state index contributed by atoms with van der Waals surface area (Å²) in [5, 5.41) is 9.70. The van der Waals surface area contributed by atoms with Gasteiger partial charge in [0.15, 0.2) is 5.82 Å². The minimum Gasteiger partial charge on any atom is -0.478 e. The summed E-state index contributed by atoms with van der Waals surface area (Å²) in [5.41, 5.74) is 1.86. The van der Waals surface area contributed by atoms with Crippen LogP contribution >= 0.6 is 27.5 Å². The molecule has 1 unspecified atom stereocenters. The Labute approximate surface area is 163 Å². The third-order valence-corrected chi connectivity index (χ3v) is 5.33. The fourth-order valence-electron chi connectivity index (χ4n) is 3.47. The molecule has 0 amide bonds. The van der Waals surface area contributed by atoms with E-state index in [4.69, 9.17) is 16.3 Å². The minimum atomic E-state index is -0.945. The molecule has 1 aromatic carbocycles. The Kier molecular flexibility index (Phi) is 4.73. The van der Waals surface area contributed by atoms with Gasteiger partial charge in [-0.15, -0.1) is 0 Å². The number of hydrogen-bond donors (Lipinski definition) is 1. The molecule has 1 saturated heterocycles. The van der Waals surface area contributed by atoms with Crippen molar-refractivity contribution in [3.63, 3.8) is 0 Å². The monoisotopic (exact) mass is 438 g/mol. The Morgan fingerprint density at radius 1 is 1.46 bits per heavy atom. The molecular weight excluding hydrogens is 424 g/mol. The van der Waals surface area contributed by atoms with Gasteiger partial charge in [-0.1, -0.05) is 15.9 Å². The summed E-state index contributed by atoms with van der Waals surface area (Å²) < 4.78 is 6.46. The fraction of sp³-hybridized carbons (Fsp3) is 0.353. The van der Waals surface area contributed by atoms with E-state index >= 15 is 0 Å². The Morgan fingerprint density at radius 2 is 2.31 bits per heavy atom. The highest BCUT2D eigenvalue weighted by atomic mass is 79.9. The molecule has 136 valence electrons. The zero-order valence-electron chi connectivity index (χ0n) is 13.7. The van der Waals surface area contributed by atoms with Gasteiger partial charge in [-0.05, 0) is 35.4 Å². The number of rotatable bonds is 3. The molecule has 0 bridgehead atoms. The van der Waals surface area contributed by atoms with Gasteiger partial charge in [-0.3, -0.25) is 0 Å². The second kappa shape index (κ2) is 7.02. The molecule has 1 atom stereocenters. The number of aromatic carboxylic acids is 1. The molecule has 1 N–H and O–H groups in total. The Bertz CT molecular complexity index is 866. The highest BCUT2D eigenvalue weighted by Crippen LogP contribution is 2.36. The topological polar surface area (TPSA) is 78.8 Å². The van der Waals surface area contributed by atoms with Crippen molar-refractivity contribution in [2.45, 2.75) is 12.6 Å². The van der Waals surface area contributed by atoms with Crippen molar-refractivity contribution >= 4 is 45.0 Å². The molecule has 2 aromatic rings. The van der Waals surface area contributed by atoms with Crippen molar-refractivity contribution < 1.29 is 14.6 Å². The normalized spacial score (nSPS) is 19.1. The molecular formula is C17H16BrClN4O3. The third kappa shape index (κ3) is 3.24. The summed E-state index contributed by atoms with van der Waals surface area (Å²) in [4.78, 5) is 24.4. The third-order valence-electron chi connectivity index (χ3n) is 4.65. The molecule has 0 aliphatic carbocycles. The van der Waals surface area contributed by atoms with E-state index in [1.54, 1.807) is 18.3 Å². The van der Waals surface area contributed by atoms with E-state index in [2.05, 4.69) is 35.7 Å². The van der Waals surface area contributed by atoms with E-state index in [-0.39, 0.29) is 16.9 Å².